The summed E-state index contributed by atoms with van der Waals surface area (Å²) in [6.45, 7) is 4.28. The van der Waals surface area contributed by atoms with Crippen LogP contribution in [0.1, 0.15) is 18.5 Å². The van der Waals surface area contributed by atoms with Gasteiger partial charge in [0.2, 0.25) is 0 Å². The van der Waals surface area contributed by atoms with E-state index in [1.54, 1.807) is 29.6 Å². The first-order valence-electron chi connectivity index (χ1n) is 8.02. The first kappa shape index (κ1) is 18.0. The fourth-order valence-electron chi connectivity index (χ4n) is 3.13. The number of nitro groups is 1. The Bertz CT molecular complexity index is 844. The Morgan fingerprint density at radius 3 is 2.56 bits per heavy atom. The summed E-state index contributed by atoms with van der Waals surface area (Å²) in [6, 6.07) is 10.1. The van der Waals surface area contributed by atoms with Crippen LogP contribution in [0.2, 0.25) is 0 Å². The van der Waals surface area contributed by atoms with Crippen LogP contribution >= 0.6 is 11.3 Å². The number of thiophene rings is 1. The number of rotatable bonds is 5. The average Bonchev–Trinajstić information content (AvgIpc) is 3.17. The standard InChI is InChI=1S/C16H19N3O4S2/c1-13(14-4-2-5-15(12-14)19(20)21)17-7-9-18(10-8-17)25(22,23)16-6-3-11-24-16/h2-6,11-13H,7-10H2,1H3/p+1/t13-/m0/s1. The summed E-state index contributed by atoms with van der Waals surface area (Å²) in [5, 5.41) is 12.7. The van der Waals surface area contributed by atoms with E-state index >= 15 is 0 Å². The number of sulfonamides is 1. The van der Waals surface area contributed by atoms with Crippen LogP contribution in [0.4, 0.5) is 5.69 Å². The van der Waals surface area contributed by atoms with Crippen LogP contribution in [-0.4, -0.2) is 43.8 Å². The highest BCUT2D eigenvalue weighted by molar-refractivity contribution is 7.91. The molecule has 1 N–H and O–H groups in total. The Balaban J connectivity index is 1.68. The van der Waals surface area contributed by atoms with Crippen molar-refractivity contribution in [2.45, 2.75) is 17.2 Å². The van der Waals surface area contributed by atoms with Crippen LogP contribution in [0.3, 0.4) is 0 Å². The molecule has 9 heteroatoms. The van der Waals surface area contributed by atoms with Gasteiger partial charge in [0.15, 0.2) is 0 Å². The third kappa shape index (κ3) is 3.74. The van der Waals surface area contributed by atoms with Gasteiger partial charge in [0, 0.05) is 17.7 Å². The largest absolute Gasteiger partial charge is 0.327 e. The average molecular weight is 382 g/mol. The zero-order valence-corrected chi connectivity index (χ0v) is 15.4. The van der Waals surface area contributed by atoms with E-state index in [9.17, 15) is 18.5 Å². The molecule has 1 aliphatic rings. The lowest BCUT2D eigenvalue weighted by atomic mass is 10.1. The van der Waals surface area contributed by atoms with Gasteiger partial charge in [-0.2, -0.15) is 4.31 Å². The second-order valence-electron chi connectivity index (χ2n) is 6.07. The van der Waals surface area contributed by atoms with E-state index in [-0.39, 0.29) is 11.7 Å². The second-order valence-corrected chi connectivity index (χ2v) is 9.18. The molecular weight excluding hydrogens is 362 g/mol. The molecule has 134 valence electrons. The summed E-state index contributed by atoms with van der Waals surface area (Å²) in [7, 11) is -3.40. The van der Waals surface area contributed by atoms with Crippen LogP contribution in [0, 0.1) is 10.1 Å². The van der Waals surface area contributed by atoms with Crippen molar-refractivity contribution in [2.24, 2.45) is 0 Å². The molecule has 1 fully saturated rings. The molecule has 3 rings (SSSR count). The second kappa shape index (κ2) is 7.20. The lowest BCUT2D eigenvalue weighted by Gasteiger charge is -2.34. The van der Waals surface area contributed by atoms with E-state index in [4.69, 9.17) is 0 Å². The Labute approximate surface area is 150 Å². The molecular formula is C16H20N3O4S2+. The maximum atomic E-state index is 12.6. The van der Waals surface area contributed by atoms with E-state index in [2.05, 4.69) is 0 Å². The smallest absolute Gasteiger partial charge is 0.269 e. The highest BCUT2D eigenvalue weighted by atomic mass is 32.2. The van der Waals surface area contributed by atoms with Crippen molar-refractivity contribution in [3.05, 3.63) is 57.5 Å². The molecule has 1 atom stereocenters. The van der Waals surface area contributed by atoms with Gasteiger partial charge in [-0.05, 0) is 18.4 Å². The van der Waals surface area contributed by atoms with Crippen molar-refractivity contribution in [3.63, 3.8) is 0 Å². The highest BCUT2D eigenvalue weighted by Crippen LogP contribution is 2.21. The summed E-state index contributed by atoms with van der Waals surface area (Å²) in [5.41, 5.74) is 0.987. The van der Waals surface area contributed by atoms with Crippen molar-refractivity contribution in [1.82, 2.24) is 4.31 Å². The van der Waals surface area contributed by atoms with Crippen LogP contribution in [0.25, 0.3) is 0 Å². The molecule has 0 radical (unpaired) electrons. The van der Waals surface area contributed by atoms with E-state index in [1.165, 1.54) is 26.6 Å². The molecule has 0 aliphatic carbocycles. The Kier molecular flexibility index (Phi) is 5.19. The predicted octanol–water partition coefficient (Wildman–Crippen LogP) is 1.31. The number of hydrogen-bond donors (Lipinski definition) is 1. The van der Waals surface area contributed by atoms with Gasteiger partial charge in [-0.3, -0.25) is 10.1 Å². The summed E-state index contributed by atoms with van der Waals surface area (Å²) in [4.78, 5) is 11.8. The van der Waals surface area contributed by atoms with E-state index in [0.717, 1.165) is 5.56 Å². The minimum absolute atomic E-state index is 0.0755. The van der Waals surface area contributed by atoms with Gasteiger partial charge in [0.05, 0.1) is 31.1 Å². The fourth-order valence-corrected chi connectivity index (χ4v) is 5.71. The summed E-state index contributed by atoms with van der Waals surface area (Å²) < 4.78 is 27.0. The fraction of sp³-hybridized carbons (Fsp3) is 0.375. The van der Waals surface area contributed by atoms with Gasteiger partial charge in [-0.15, -0.1) is 11.3 Å². The topological polar surface area (TPSA) is 85.0 Å². The zero-order chi connectivity index (χ0) is 18.0. The molecule has 0 unspecified atom stereocenters. The molecule has 0 saturated carbocycles. The van der Waals surface area contributed by atoms with Crippen LogP contribution in [0.5, 0.6) is 0 Å². The third-order valence-electron chi connectivity index (χ3n) is 4.65. The Morgan fingerprint density at radius 2 is 1.96 bits per heavy atom. The lowest BCUT2D eigenvalue weighted by Crippen LogP contribution is -3.14. The first-order valence-corrected chi connectivity index (χ1v) is 10.3. The normalized spacial score (nSPS) is 18.1. The van der Waals surface area contributed by atoms with Gasteiger partial charge in [0.25, 0.3) is 15.7 Å². The quantitative estimate of drug-likeness (QED) is 0.624. The molecule has 0 amide bonds. The van der Waals surface area contributed by atoms with Crippen LogP contribution in [0.15, 0.2) is 46.0 Å². The minimum Gasteiger partial charge on any atom is -0.327 e. The summed E-state index contributed by atoms with van der Waals surface area (Å²) in [6.07, 6.45) is 0. The first-order chi connectivity index (χ1) is 11.9. The molecule has 25 heavy (non-hydrogen) atoms. The molecule has 1 aliphatic heterocycles. The van der Waals surface area contributed by atoms with E-state index in [0.29, 0.717) is 30.4 Å². The molecule has 1 aromatic carbocycles. The predicted molar refractivity (Wildman–Crippen MR) is 95.3 cm³/mol. The molecule has 7 nitrogen and oxygen atoms in total. The van der Waals surface area contributed by atoms with Crippen molar-refractivity contribution in [3.8, 4) is 0 Å². The van der Waals surface area contributed by atoms with Crippen molar-refractivity contribution < 1.29 is 18.2 Å². The van der Waals surface area contributed by atoms with Crippen molar-refractivity contribution >= 4 is 27.0 Å². The van der Waals surface area contributed by atoms with Gasteiger partial charge in [-0.25, -0.2) is 8.42 Å². The summed E-state index contributed by atoms with van der Waals surface area (Å²) >= 11 is 1.23. The number of nitrogens with one attached hydrogen (secondary N) is 1. The van der Waals surface area contributed by atoms with Gasteiger partial charge >= 0.3 is 0 Å². The Hall–Kier alpha value is -1.81. The van der Waals surface area contributed by atoms with Crippen molar-refractivity contribution in [1.29, 1.82) is 0 Å². The van der Waals surface area contributed by atoms with Crippen molar-refractivity contribution in [2.75, 3.05) is 26.2 Å². The number of nitro benzene ring substituents is 1. The highest BCUT2D eigenvalue weighted by Gasteiger charge is 2.33. The van der Waals surface area contributed by atoms with Crippen LogP contribution in [-0.2, 0) is 10.0 Å². The lowest BCUT2D eigenvalue weighted by molar-refractivity contribution is -0.933. The Morgan fingerprint density at radius 1 is 1.24 bits per heavy atom. The maximum absolute atomic E-state index is 12.6. The van der Waals surface area contributed by atoms with E-state index in [1.807, 2.05) is 13.0 Å². The number of quaternary nitrogens is 1. The SMILES string of the molecule is C[C@@H](c1cccc([N+](=O)[O-])c1)[NH+]1CCN(S(=O)(=O)c2cccs2)CC1. The minimum atomic E-state index is -3.40. The maximum Gasteiger partial charge on any atom is 0.269 e. The van der Waals surface area contributed by atoms with Crippen LogP contribution < -0.4 is 4.90 Å². The monoisotopic (exact) mass is 382 g/mol. The molecule has 0 spiro atoms. The third-order valence-corrected chi connectivity index (χ3v) is 7.92. The number of non-ortho nitro benzene ring substituents is 1. The molecule has 1 aromatic heterocycles. The molecule has 1 saturated heterocycles. The molecule has 2 aromatic rings. The number of nitrogens with zero attached hydrogens (tertiary/aromatic N) is 2. The van der Waals surface area contributed by atoms with Gasteiger partial charge in [0.1, 0.15) is 10.3 Å². The van der Waals surface area contributed by atoms with Gasteiger partial charge < -0.3 is 4.90 Å². The zero-order valence-electron chi connectivity index (χ0n) is 13.8. The number of hydrogen-bond acceptors (Lipinski definition) is 5. The van der Waals surface area contributed by atoms with E-state index < -0.39 is 14.9 Å². The number of benzene rings is 1. The molecule has 2 heterocycles. The summed E-state index contributed by atoms with van der Waals surface area (Å²) in [5.74, 6) is 0. The molecule has 0 bridgehead atoms. The number of piperazine rings is 1. The van der Waals surface area contributed by atoms with Gasteiger partial charge in [-0.1, -0.05) is 18.2 Å².